The van der Waals surface area contributed by atoms with Gasteiger partial charge in [0.05, 0.1) is 6.04 Å². The molecule has 7 nitrogen and oxygen atoms in total. The summed E-state index contributed by atoms with van der Waals surface area (Å²) < 4.78 is 1.72. The lowest BCUT2D eigenvalue weighted by molar-refractivity contribution is 0.113. The largest absolute Gasteiger partial charge is 0.375 e. The number of benzene rings is 1. The maximum atomic E-state index is 12.4. The van der Waals surface area contributed by atoms with Crippen LogP contribution in [0.5, 0.6) is 0 Å². The van der Waals surface area contributed by atoms with Crippen LogP contribution < -0.4 is 10.9 Å². The second-order valence-electron chi connectivity index (χ2n) is 10.9. The second kappa shape index (κ2) is 11.1. The fourth-order valence-electron chi connectivity index (χ4n) is 5.47. The minimum Gasteiger partial charge on any atom is -0.375 e. The molecule has 1 N–H and O–H groups in total. The number of fused-ring (bicyclic) bond motifs is 1. The van der Waals surface area contributed by atoms with Crippen LogP contribution in [0.2, 0.25) is 0 Å². The van der Waals surface area contributed by atoms with Gasteiger partial charge in [0.1, 0.15) is 5.65 Å². The van der Waals surface area contributed by atoms with Crippen LogP contribution in [0.1, 0.15) is 76.2 Å². The van der Waals surface area contributed by atoms with E-state index in [9.17, 15) is 4.79 Å². The van der Waals surface area contributed by atoms with Crippen molar-refractivity contribution in [3.05, 3.63) is 76.4 Å². The Labute approximate surface area is 220 Å². The summed E-state index contributed by atoms with van der Waals surface area (Å²) in [6.45, 7) is 12.6. The van der Waals surface area contributed by atoms with Gasteiger partial charge in [0.15, 0.2) is 0 Å². The molecule has 7 heteroatoms. The van der Waals surface area contributed by atoms with Gasteiger partial charge >= 0.3 is 0 Å². The fraction of sp³-hybridized carbons (Fsp3) is 0.500. The van der Waals surface area contributed by atoms with E-state index in [2.05, 4.69) is 70.5 Å². The van der Waals surface area contributed by atoms with Crippen molar-refractivity contribution in [1.29, 1.82) is 0 Å². The molecule has 2 aliphatic rings. The Bertz CT molecular complexity index is 1290. The van der Waals surface area contributed by atoms with Crippen molar-refractivity contribution in [2.45, 2.75) is 65.1 Å². The Morgan fingerprint density at radius 1 is 1.00 bits per heavy atom. The first kappa shape index (κ1) is 25.5. The van der Waals surface area contributed by atoms with Crippen molar-refractivity contribution in [3.63, 3.8) is 0 Å². The SMILES string of the molecule is CC=CN1CCN([C@@H](CC2CC2)c2ccc([C@H](C)Nc3ncc4ccc(=O)n(C(C)C)c4n3)cc2)CC1. The van der Waals surface area contributed by atoms with Gasteiger partial charge in [-0.25, -0.2) is 4.98 Å². The Hall–Kier alpha value is -3.19. The van der Waals surface area contributed by atoms with Gasteiger partial charge in [-0.05, 0) is 63.4 Å². The van der Waals surface area contributed by atoms with Crippen molar-refractivity contribution >= 4 is 17.0 Å². The molecule has 1 aromatic carbocycles. The quantitative estimate of drug-likeness (QED) is 0.416. The molecule has 0 radical (unpaired) electrons. The van der Waals surface area contributed by atoms with Gasteiger partial charge in [-0.1, -0.05) is 43.2 Å². The predicted octanol–water partition coefficient (Wildman–Crippen LogP) is 5.54. The van der Waals surface area contributed by atoms with Crippen LogP contribution >= 0.6 is 0 Å². The van der Waals surface area contributed by atoms with Gasteiger partial charge in [0.25, 0.3) is 5.56 Å². The molecule has 3 heterocycles. The maximum absolute atomic E-state index is 12.4. The van der Waals surface area contributed by atoms with Gasteiger partial charge in [0, 0.05) is 55.9 Å². The zero-order valence-corrected chi connectivity index (χ0v) is 22.6. The third-order valence-corrected chi connectivity index (χ3v) is 7.75. The molecule has 2 atom stereocenters. The van der Waals surface area contributed by atoms with E-state index in [0.717, 1.165) is 37.5 Å². The molecule has 0 amide bonds. The van der Waals surface area contributed by atoms with Crippen molar-refractivity contribution in [1.82, 2.24) is 24.3 Å². The van der Waals surface area contributed by atoms with Crippen LogP contribution in [-0.2, 0) is 0 Å². The summed E-state index contributed by atoms with van der Waals surface area (Å²) in [6.07, 6.45) is 10.2. The molecule has 2 fully saturated rings. The molecular weight excluding hydrogens is 460 g/mol. The van der Waals surface area contributed by atoms with E-state index in [-0.39, 0.29) is 17.6 Å². The van der Waals surface area contributed by atoms with E-state index < -0.39 is 0 Å². The summed E-state index contributed by atoms with van der Waals surface area (Å²) >= 11 is 0. The summed E-state index contributed by atoms with van der Waals surface area (Å²) in [4.78, 5) is 26.8. The summed E-state index contributed by atoms with van der Waals surface area (Å²) in [5, 5.41) is 4.31. The number of piperazine rings is 1. The number of nitrogens with zero attached hydrogens (tertiary/aromatic N) is 5. The first-order valence-electron chi connectivity index (χ1n) is 13.8. The number of anilines is 1. The minimum atomic E-state index is -0.0419. The van der Waals surface area contributed by atoms with E-state index in [0.29, 0.717) is 17.6 Å². The zero-order valence-electron chi connectivity index (χ0n) is 22.6. The molecule has 5 rings (SSSR count). The number of hydrogen-bond donors (Lipinski definition) is 1. The smallest absolute Gasteiger partial charge is 0.252 e. The second-order valence-corrected chi connectivity index (χ2v) is 10.9. The standard InChI is InChI=1S/C30H40N6O/c1-5-14-34-15-17-35(18-16-34)27(19-23-6-7-23)25-10-8-24(9-11-25)22(4)32-30-31-20-26-12-13-28(37)36(21(2)3)29(26)33-30/h5,8-14,20-23,27H,6-7,15-19H2,1-4H3,(H,31,32,33)/t22-,27-/m0/s1. The number of rotatable bonds is 9. The van der Waals surface area contributed by atoms with E-state index in [1.165, 1.54) is 30.4 Å². The molecule has 0 bridgehead atoms. The minimum absolute atomic E-state index is 0.0265. The number of allylic oxidation sites excluding steroid dienone is 1. The first-order chi connectivity index (χ1) is 17.9. The molecule has 0 spiro atoms. The molecule has 1 aliphatic heterocycles. The normalized spacial score (nSPS) is 18.6. The third-order valence-electron chi connectivity index (χ3n) is 7.75. The van der Waals surface area contributed by atoms with Crippen molar-refractivity contribution in [2.75, 3.05) is 31.5 Å². The Morgan fingerprint density at radius 3 is 2.35 bits per heavy atom. The van der Waals surface area contributed by atoms with Gasteiger partial charge in [-0.3, -0.25) is 14.3 Å². The maximum Gasteiger partial charge on any atom is 0.252 e. The number of nitrogens with one attached hydrogen (secondary N) is 1. The number of pyridine rings is 1. The highest BCUT2D eigenvalue weighted by Crippen LogP contribution is 2.40. The molecule has 1 saturated heterocycles. The Kier molecular flexibility index (Phi) is 7.60. The molecule has 1 saturated carbocycles. The van der Waals surface area contributed by atoms with E-state index in [4.69, 9.17) is 4.98 Å². The highest BCUT2D eigenvalue weighted by atomic mass is 16.1. The molecule has 0 unspecified atom stereocenters. The van der Waals surface area contributed by atoms with Crippen molar-refractivity contribution in [2.24, 2.45) is 5.92 Å². The van der Waals surface area contributed by atoms with Crippen LogP contribution in [0.15, 0.2) is 59.7 Å². The van der Waals surface area contributed by atoms with Crippen LogP contribution in [0.25, 0.3) is 11.0 Å². The van der Waals surface area contributed by atoms with Gasteiger partial charge in [0.2, 0.25) is 5.95 Å². The summed E-state index contributed by atoms with van der Waals surface area (Å²) in [7, 11) is 0. The van der Waals surface area contributed by atoms with Gasteiger partial charge in [-0.15, -0.1) is 0 Å². The fourth-order valence-corrected chi connectivity index (χ4v) is 5.47. The molecule has 3 aromatic rings. The lowest BCUT2D eigenvalue weighted by atomic mass is 9.96. The van der Waals surface area contributed by atoms with Gasteiger partial charge in [-0.2, -0.15) is 4.98 Å². The molecule has 1 aliphatic carbocycles. The lowest BCUT2D eigenvalue weighted by Gasteiger charge is -2.39. The Balaban J connectivity index is 1.31. The van der Waals surface area contributed by atoms with Crippen molar-refractivity contribution in [3.8, 4) is 0 Å². The van der Waals surface area contributed by atoms with Crippen molar-refractivity contribution < 1.29 is 0 Å². The topological polar surface area (TPSA) is 66.3 Å². The van der Waals surface area contributed by atoms with E-state index >= 15 is 0 Å². The highest BCUT2D eigenvalue weighted by Gasteiger charge is 2.31. The lowest BCUT2D eigenvalue weighted by Crippen LogP contribution is -2.45. The average Bonchev–Trinajstić information content (AvgIpc) is 3.72. The average molecular weight is 501 g/mol. The zero-order chi connectivity index (χ0) is 25.9. The van der Waals surface area contributed by atoms with Crippen LogP contribution in [0.3, 0.4) is 0 Å². The van der Waals surface area contributed by atoms with Crippen LogP contribution in [0, 0.1) is 5.92 Å². The first-order valence-corrected chi connectivity index (χ1v) is 13.8. The monoisotopic (exact) mass is 500 g/mol. The van der Waals surface area contributed by atoms with Gasteiger partial charge < -0.3 is 10.2 Å². The van der Waals surface area contributed by atoms with E-state index in [1.54, 1.807) is 22.9 Å². The predicted molar refractivity (Wildman–Crippen MR) is 151 cm³/mol. The molecule has 2 aromatic heterocycles. The third kappa shape index (κ3) is 5.87. The number of aromatic nitrogens is 3. The molecular formula is C30H40N6O. The number of hydrogen-bond acceptors (Lipinski definition) is 6. The summed E-state index contributed by atoms with van der Waals surface area (Å²) in [6, 6.07) is 13.1. The molecule has 37 heavy (non-hydrogen) atoms. The van der Waals surface area contributed by atoms with Crippen LogP contribution in [0.4, 0.5) is 5.95 Å². The Morgan fingerprint density at radius 2 is 1.70 bits per heavy atom. The van der Waals surface area contributed by atoms with Crippen LogP contribution in [-0.4, -0.2) is 50.5 Å². The van der Waals surface area contributed by atoms with E-state index in [1.807, 2.05) is 13.8 Å². The molecule has 196 valence electrons. The summed E-state index contributed by atoms with van der Waals surface area (Å²) in [5.41, 5.74) is 3.25. The summed E-state index contributed by atoms with van der Waals surface area (Å²) in [5.74, 6) is 1.42. The highest BCUT2D eigenvalue weighted by molar-refractivity contribution is 5.75.